The van der Waals surface area contributed by atoms with E-state index in [2.05, 4.69) is 30.5 Å². The fourth-order valence-corrected chi connectivity index (χ4v) is 4.24. The molecule has 1 saturated carbocycles. The molecule has 35 heavy (non-hydrogen) atoms. The van der Waals surface area contributed by atoms with Gasteiger partial charge in [-0.3, -0.25) is 0 Å². The predicted octanol–water partition coefficient (Wildman–Crippen LogP) is 4.01. The number of fused-ring (bicyclic) bond motifs is 1. The van der Waals surface area contributed by atoms with Gasteiger partial charge in [0.25, 0.3) is 0 Å². The summed E-state index contributed by atoms with van der Waals surface area (Å²) in [7, 11) is 1.67. The highest BCUT2D eigenvalue weighted by atomic mass is 16.5. The number of nitrogens with one attached hydrogen (secondary N) is 1. The zero-order valence-electron chi connectivity index (χ0n) is 20.0. The van der Waals surface area contributed by atoms with E-state index < -0.39 is 0 Å². The molecule has 0 saturated heterocycles. The summed E-state index contributed by atoms with van der Waals surface area (Å²) in [6.07, 6.45) is 8.23. The van der Waals surface area contributed by atoms with Crippen LogP contribution in [0.2, 0.25) is 0 Å². The number of benzene rings is 1. The lowest BCUT2D eigenvalue weighted by molar-refractivity contribution is 0.200. The number of aromatic nitrogens is 6. The minimum Gasteiger partial charge on any atom is -0.493 e. The van der Waals surface area contributed by atoms with Gasteiger partial charge in [-0.2, -0.15) is 20.2 Å². The second kappa shape index (κ2) is 10.5. The molecule has 0 radical (unpaired) electrons. The van der Waals surface area contributed by atoms with Crippen molar-refractivity contribution in [2.75, 3.05) is 19.0 Å². The minimum absolute atomic E-state index is 0.222. The summed E-state index contributed by atoms with van der Waals surface area (Å²) < 4.78 is 19.6. The molecule has 1 aliphatic rings. The highest BCUT2D eigenvalue weighted by molar-refractivity contribution is 5.83. The molecule has 10 nitrogen and oxygen atoms in total. The third kappa shape index (κ3) is 5.26. The van der Waals surface area contributed by atoms with Crippen LogP contribution >= 0.6 is 0 Å². The van der Waals surface area contributed by atoms with Crippen molar-refractivity contribution in [1.29, 1.82) is 0 Å². The smallest absolute Gasteiger partial charge is 0.320 e. The summed E-state index contributed by atoms with van der Waals surface area (Å²) in [5.74, 6) is 2.15. The Morgan fingerprint density at radius 2 is 2.00 bits per heavy atom. The van der Waals surface area contributed by atoms with Crippen molar-refractivity contribution in [1.82, 2.24) is 29.7 Å². The van der Waals surface area contributed by atoms with E-state index in [9.17, 15) is 0 Å². The van der Waals surface area contributed by atoms with E-state index in [1.165, 1.54) is 12.8 Å². The van der Waals surface area contributed by atoms with Gasteiger partial charge in [0, 0.05) is 12.7 Å². The Labute approximate surface area is 203 Å². The predicted molar refractivity (Wildman–Crippen MR) is 131 cm³/mol. The molecule has 1 aromatic carbocycles. The van der Waals surface area contributed by atoms with E-state index in [4.69, 9.17) is 14.2 Å². The molecule has 0 atom stereocenters. The fourth-order valence-electron chi connectivity index (χ4n) is 4.24. The van der Waals surface area contributed by atoms with Gasteiger partial charge in [0.1, 0.15) is 12.3 Å². The van der Waals surface area contributed by atoms with Gasteiger partial charge in [-0.05, 0) is 62.4 Å². The monoisotopic (exact) mass is 475 g/mol. The van der Waals surface area contributed by atoms with Crippen molar-refractivity contribution >= 4 is 17.0 Å². The molecule has 5 rings (SSSR count). The third-order valence-corrected chi connectivity index (χ3v) is 5.94. The number of rotatable bonds is 10. The van der Waals surface area contributed by atoms with Crippen molar-refractivity contribution in [2.24, 2.45) is 0 Å². The van der Waals surface area contributed by atoms with Gasteiger partial charge >= 0.3 is 6.01 Å². The highest BCUT2D eigenvalue weighted by Crippen LogP contribution is 2.33. The number of nitrogens with zero attached hydrogens (tertiary/aromatic N) is 6. The first-order chi connectivity index (χ1) is 17.2. The topological polar surface area (TPSA) is 109 Å². The van der Waals surface area contributed by atoms with Crippen LogP contribution in [-0.2, 0) is 13.2 Å². The molecule has 1 aliphatic carbocycles. The second-order valence-corrected chi connectivity index (χ2v) is 8.44. The Kier molecular flexibility index (Phi) is 6.87. The largest absolute Gasteiger partial charge is 0.493 e. The summed E-state index contributed by atoms with van der Waals surface area (Å²) >= 11 is 0. The lowest BCUT2D eigenvalue weighted by atomic mass is 10.2. The van der Waals surface area contributed by atoms with Gasteiger partial charge in [-0.25, -0.2) is 4.98 Å². The molecule has 10 heteroatoms. The molecular weight excluding hydrogens is 446 g/mol. The standard InChI is InChI=1S/C25H29N7O3/c1-3-26-23-22-24(30-25(29-23)34-15-18-7-6-12-28-31-18)32(16-27-22)14-17-10-11-20(33-2)21(13-17)35-19-8-4-5-9-19/h6-7,10-13,16,19H,3-5,8-9,14-15H2,1-2H3,(H,26,29,30). The number of hydrogen-bond acceptors (Lipinski definition) is 9. The van der Waals surface area contributed by atoms with Crippen LogP contribution in [0.4, 0.5) is 5.82 Å². The van der Waals surface area contributed by atoms with Gasteiger partial charge in [-0.1, -0.05) is 6.07 Å². The fraction of sp³-hybridized carbons (Fsp3) is 0.400. The second-order valence-electron chi connectivity index (χ2n) is 8.44. The van der Waals surface area contributed by atoms with Crippen LogP contribution in [0, 0.1) is 0 Å². The van der Waals surface area contributed by atoms with Crippen LogP contribution in [0.5, 0.6) is 17.5 Å². The van der Waals surface area contributed by atoms with Crippen molar-refractivity contribution < 1.29 is 14.2 Å². The molecule has 4 aromatic rings. The Morgan fingerprint density at radius 1 is 1.11 bits per heavy atom. The van der Waals surface area contributed by atoms with Crippen molar-refractivity contribution in [2.45, 2.75) is 51.9 Å². The van der Waals surface area contributed by atoms with Crippen LogP contribution in [0.3, 0.4) is 0 Å². The lowest BCUT2D eigenvalue weighted by Gasteiger charge is -2.17. The van der Waals surface area contributed by atoms with Gasteiger partial charge in [0.15, 0.2) is 28.5 Å². The Morgan fingerprint density at radius 3 is 2.77 bits per heavy atom. The minimum atomic E-state index is 0.222. The molecule has 0 bridgehead atoms. The molecule has 0 unspecified atom stereocenters. The Balaban J connectivity index is 1.42. The van der Waals surface area contributed by atoms with Gasteiger partial charge in [-0.15, -0.1) is 0 Å². The third-order valence-electron chi connectivity index (χ3n) is 5.94. The van der Waals surface area contributed by atoms with E-state index in [-0.39, 0.29) is 18.7 Å². The first kappa shape index (κ1) is 22.8. The number of hydrogen-bond donors (Lipinski definition) is 1. The lowest BCUT2D eigenvalue weighted by Crippen LogP contribution is -2.12. The van der Waals surface area contributed by atoms with E-state index in [1.807, 2.05) is 41.8 Å². The molecule has 1 N–H and O–H groups in total. The van der Waals surface area contributed by atoms with Gasteiger partial charge in [0.05, 0.1) is 26.1 Å². The summed E-state index contributed by atoms with van der Waals surface area (Å²) in [6, 6.07) is 9.93. The number of anilines is 1. The Bertz CT molecular complexity index is 1270. The van der Waals surface area contributed by atoms with Crippen molar-refractivity contribution in [3.05, 3.63) is 54.1 Å². The van der Waals surface area contributed by atoms with E-state index >= 15 is 0 Å². The Hall–Kier alpha value is -3.95. The normalized spacial score (nSPS) is 13.8. The van der Waals surface area contributed by atoms with Crippen LogP contribution < -0.4 is 19.5 Å². The molecule has 0 aliphatic heterocycles. The van der Waals surface area contributed by atoms with Crippen molar-refractivity contribution in [3.63, 3.8) is 0 Å². The van der Waals surface area contributed by atoms with Crippen molar-refractivity contribution in [3.8, 4) is 17.5 Å². The average molecular weight is 476 g/mol. The van der Waals surface area contributed by atoms with Gasteiger partial charge < -0.3 is 24.1 Å². The summed E-state index contributed by atoms with van der Waals surface area (Å²) in [5.41, 5.74) is 3.13. The maximum Gasteiger partial charge on any atom is 0.320 e. The molecule has 1 fully saturated rings. The maximum absolute atomic E-state index is 6.27. The van der Waals surface area contributed by atoms with Crippen LogP contribution in [0.15, 0.2) is 42.9 Å². The van der Waals surface area contributed by atoms with Crippen LogP contribution in [0.1, 0.15) is 43.9 Å². The molecule has 3 heterocycles. The molecular formula is C25H29N7O3. The zero-order chi connectivity index (χ0) is 24.0. The van der Waals surface area contributed by atoms with Crippen LogP contribution in [-0.4, -0.2) is 49.5 Å². The van der Waals surface area contributed by atoms with E-state index in [0.717, 1.165) is 29.9 Å². The molecule has 0 amide bonds. The first-order valence-electron chi connectivity index (χ1n) is 11.9. The summed E-state index contributed by atoms with van der Waals surface area (Å²) in [4.78, 5) is 13.7. The van der Waals surface area contributed by atoms with Gasteiger partial charge in [0.2, 0.25) is 0 Å². The number of imidazole rings is 1. The quantitative estimate of drug-likeness (QED) is 0.364. The summed E-state index contributed by atoms with van der Waals surface area (Å²) in [5, 5.41) is 11.2. The number of ether oxygens (including phenoxy) is 3. The average Bonchev–Trinajstić information content (AvgIpc) is 3.54. The first-order valence-corrected chi connectivity index (χ1v) is 11.9. The van der Waals surface area contributed by atoms with E-state index in [1.54, 1.807) is 19.6 Å². The molecule has 182 valence electrons. The summed E-state index contributed by atoms with van der Waals surface area (Å²) in [6.45, 7) is 3.49. The maximum atomic E-state index is 6.27. The highest BCUT2D eigenvalue weighted by Gasteiger charge is 2.19. The van der Waals surface area contributed by atoms with E-state index in [0.29, 0.717) is 35.8 Å². The zero-order valence-corrected chi connectivity index (χ0v) is 20.0. The molecule has 3 aromatic heterocycles. The number of methoxy groups -OCH3 is 1. The van der Waals surface area contributed by atoms with Crippen LogP contribution in [0.25, 0.3) is 11.2 Å². The SMILES string of the molecule is CCNc1nc(OCc2cccnn2)nc2c1ncn2Cc1ccc(OC)c(OC2CCCC2)c1. The molecule has 0 spiro atoms.